The Morgan fingerprint density at radius 3 is 1.98 bits per heavy atom. The first-order chi connectivity index (χ1) is 20.5. The number of hydrogen-bond acceptors (Lipinski definition) is 2. The number of benzene rings is 7. The molecule has 0 saturated heterocycles. The van der Waals surface area contributed by atoms with E-state index >= 15 is 0 Å². The standard InChI is InChI=1S/C40H28N2/c1-40(2)35-11-5-9-29-15-16-30-23-31(24-36(40)39(30)38(29)35)27-17-21-33(22-18-27)42(32-19-13-26(25-41)14-20-32)37-12-6-8-28-7-3-4-10-34(28)37/h3-24H,1-2H3. The zero-order valence-corrected chi connectivity index (χ0v) is 23.6. The minimum Gasteiger partial charge on any atom is -0.310 e. The van der Waals surface area contributed by atoms with Crippen molar-refractivity contribution in [3.8, 4) is 17.2 Å². The van der Waals surface area contributed by atoms with Crippen LogP contribution in [0.3, 0.4) is 0 Å². The molecule has 0 bridgehead atoms. The van der Waals surface area contributed by atoms with Crippen LogP contribution in [0.1, 0.15) is 30.5 Å². The van der Waals surface area contributed by atoms with E-state index in [1.54, 1.807) is 0 Å². The van der Waals surface area contributed by atoms with E-state index in [1.807, 2.05) is 24.3 Å². The summed E-state index contributed by atoms with van der Waals surface area (Å²) < 4.78 is 0. The molecule has 0 spiro atoms. The summed E-state index contributed by atoms with van der Waals surface area (Å²) in [5.41, 5.74) is 9.05. The van der Waals surface area contributed by atoms with Gasteiger partial charge in [0.25, 0.3) is 0 Å². The SMILES string of the molecule is CC1(C)c2cccc3ccc4cc(-c5ccc(N(c6ccc(C#N)cc6)c6cccc7ccccc67)cc5)cc1c4c23. The third-order valence-electron chi connectivity index (χ3n) is 9.03. The lowest BCUT2D eigenvalue weighted by Gasteiger charge is -2.27. The largest absolute Gasteiger partial charge is 0.310 e. The van der Waals surface area contributed by atoms with Gasteiger partial charge in [0.05, 0.1) is 17.3 Å². The Morgan fingerprint density at radius 2 is 1.19 bits per heavy atom. The summed E-state index contributed by atoms with van der Waals surface area (Å²) in [6.45, 7) is 4.70. The van der Waals surface area contributed by atoms with Crippen LogP contribution in [0.15, 0.2) is 133 Å². The third-order valence-corrected chi connectivity index (χ3v) is 9.03. The number of hydrogen-bond donors (Lipinski definition) is 0. The Kier molecular flexibility index (Phi) is 5.27. The van der Waals surface area contributed by atoms with Crippen molar-refractivity contribution in [2.24, 2.45) is 0 Å². The fraction of sp³-hybridized carbons (Fsp3) is 0.0750. The molecule has 0 unspecified atom stereocenters. The molecule has 0 saturated carbocycles. The second kappa shape index (κ2) is 9.06. The topological polar surface area (TPSA) is 27.0 Å². The van der Waals surface area contributed by atoms with Crippen molar-refractivity contribution in [2.75, 3.05) is 4.90 Å². The first-order valence-corrected chi connectivity index (χ1v) is 14.4. The summed E-state index contributed by atoms with van der Waals surface area (Å²) in [7, 11) is 0. The normalized spacial score (nSPS) is 13.2. The van der Waals surface area contributed by atoms with Gasteiger partial charge in [-0.25, -0.2) is 0 Å². The highest BCUT2D eigenvalue weighted by molar-refractivity contribution is 6.15. The number of anilines is 3. The molecule has 2 nitrogen and oxygen atoms in total. The number of fused-ring (bicyclic) bond motifs is 1. The van der Waals surface area contributed by atoms with Crippen LogP contribution in [0.5, 0.6) is 0 Å². The molecule has 0 fully saturated rings. The van der Waals surface area contributed by atoms with Crippen molar-refractivity contribution < 1.29 is 0 Å². The van der Waals surface area contributed by atoms with Gasteiger partial charge in [-0.05, 0) is 104 Å². The van der Waals surface area contributed by atoms with E-state index in [1.165, 1.54) is 54.6 Å². The third kappa shape index (κ3) is 3.57. The highest BCUT2D eigenvalue weighted by atomic mass is 15.1. The molecular weight excluding hydrogens is 508 g/mol. The van der Waals surface area contributed by atoms with Crippen molar-refractivity contribution in [2.45, 2.75) is 19.3 Å². The zero-order chi connectivity index (χ0) is 28.4. The first kappa shape index (κ1) is 24.4. The Labute approximate surface area is 245 Å². The van der Waals surface area contributed by atoms with Gasteiger partial charge in [0.2, 0.25) is 0 Å². The van der Waals surface area contributed by atoms with Crippen molar-refractivity contribution in [3.05, 3.63) is 150 Å². The Hall–Kier alpha value is -5.39. The van der Waals surface area contributed by atoms with E-state index in [0.29, 0.717) is 5.56 Å². The van der Waals surface area contributed by atoms with Crippen molar-refractivity contribution in [1.82, 2.24) is 0 Å². The molecule has 7 aromatic rings. The lowest BCUT2D eigenvalue weighted by atomic mass is 9.81. The minimum absolute atomic E-state index is 0.0435. The Balaban J connectivity index is 1.26. The van der Waals surface area contributed by atoms with E-state index in [9.17, 15) is 5.26 Å². The van der Waals surface area contributed by atoms with Crippen LogP contribution >= 0.6 is 0 Å². The quantitative estimate of drug-likeness (QED) is 0.209. The van der Waals surface area contributed by atoms with Crippen LogP contribution in [0, 0.1) is 11.3 Å². The maximum absolute atomic E-state index is 9.40. The molecule has 1 aliphatic carbocycles. The molecule has 0 heterocycles. The fourth-order valence-electron chi connectivity index (χ4n) is 6.89. The van der Waals surface area contributed by atoms with Gasteiger partial charge in [-0.15, -0.1) is 0 Å². The second-order valence-electron chi connectivity index (χ2n) is 11.8. The van der Waals surface area contributed by atoms with E-state index < -0.39 is 0 Å². The van der Waals surface area contributed by atoms with Gasteiger partial charge in [-0.3, -0.25) is 0 Å². The predicted molar refractivity (Wildman–Crippen MR) is 176 cm³/mol. The van der Waals surface area contributed by atoms with Crippen LogP contribution in [0.4, 0.5) is 17.1 Å². The van der Waals surface area contributed by atoms with Crippen LogP contribution in [0.25, 0.3) is 43.4 Å². The molecule has 0 aromatic heterocycles. The van der Waals surface area contributed by atoms with E-state index in [-0.39, 0.29) is 5.41 Å². The molecule has 0 N–H and O–H groups in total. The van der Waals surface area contributed by atoms with Gasteiger partial charge >= 0.3 is 0 Å². The van der Waals surface area contributed by atoms with Crippen molar-refractivity contribution >= 4 is 49.4 Å². The Bertz CT molecular complexity index is 2210. The van der Waals surface area contributed by atoms with Gasteiger partial charge < -0.3 is 4.90 Å². The fourth-order valence-corrected chi connectivity index (χ4v) is 6.89. The van der Waals surface area contributed by atoms with Gasteiger partial charge in [-0.1, -0.05) is 92.7 Å². The summed E-state index contributed by atoms with van der Waals surface area (Å²) in [6, 6.07) is 49.9. The molecular formula is C40H28N2. The lowest BCUT2D eigenvalue weighted by molar-refractivity contribution is 0.663. The molecule has 8 rings (SSSR count). The molecule has 7 aromatic carbocycles. The van der Waals surface area contributed by atoms with Crippen LogP contribution < -0.4 is 4.90 Å². The molecule has 1 aliphatic rings. The second-order valence-corrected chi connectivity index (χ2v) is 11.8. The van der Waals surface area contributed by atoms with E-state index in [0.717, 1.165) is 17.1 Å². The first-order valence-electron chi connectivity index (χ1n) is 14.4. The van der Waals surface area contributed by atoms with E-state index in [2.05, 4.69) is 134 Å². The molecule has 0 amide bonds. The predicted octanol–water partition coefficient (Wildman–Crippen LogP) is 10.8. The van der Waals surface area contributed by atoms with Gasteiger partial charge in [0, 0.05) is 22.2 Å². The van der Waals surface area contributed by atoms with Crippen LogP contribution in [-0.4, -0.2) is 0 Å². The number of nitriles is 1. The minimum atomic E-state index is -0.0435. The van der Waals surface area contributed by atoms with E-state index in [4.69, 9.17) is 0 Å². The van der Waals surface area contributed by atoms with Gasteiger partial charge in [0.15, 0.2) is 0 Å². The monoisotopic (exact) mass is 536 g/mol. The maximum Gasteiger partial charge on any atom is 0.0991 e. The molecule has 198 valence electrons. The Morgan fingerprint density at radius 1 is 0.548 bits per heavy atom. The molecule has 2 heteroatoms. The van der Waals surface area contributed by atoms with Crippen molar-refractivity contribution in [3.63, 3.8) is 0 Å². The lowest BCUT2D eigenvalue weighted by Crippen LogP contribution is -2.15. The summed E-state index contributed by atoms with van der Waals surface area (Å²) in [4.78, 5) is 2.28. The maximum atomic E-state index is 9.40. The number of rotatable bonds is 4. The average molecular weight is 537 g/mol. The van der Waals surface area contributed by atoms with Gasteiger partial charge in [0.1, 0.15) is 0 Å². The van der Waals surface area contributed by atoms with Gasteiger partial charge in [-0.2, -0.15) is 5.26 Å². The average Bonchev–Trinajstić information content (AvgIpc) is 3.28. The molecule has 0 atom stereocenters. The molecule has 42 heavy (non-hydrogen) atoms. The summed E-state index contributed by atoms with van der Waals surface area (Å²) >= 11 is 0. The summed E-state index contributed by atoms with van der Waals surface area (Å²) in [5.74, 6) is 0. The summed E-state index contributed by atoms with van der Waals surface area (Å²) in [6.07, 6.45) is 0. The van der Waals surface area contributed by atoms with Crippen molar-refractivity contribution in [1.29, 1.82) is 5.26 Å². The molecule has 0 aliphatic heterocycles. The summed E-state index contributed by atoms with van der Waals surface area (Å²) in [5, 5.41) is 17.2. The molecule has 0 radical (unpaired) electrons. The highest BCUT2D eigenvalue weighted by Gasteiger charge is 2.34. The number of nitrogens with zero attached hydrogens (tertiary/aromatic N) is 2. The van der Waals surface area contributed by atoms with Crippen LogP contribution in [0.2, 0.25) is 0 Å². The van der Waals surface area contributed by atoms with Crippen LogP contribution in [-0.2, 0) is 5.41 Å². The zero-order valence-electron chi connectivity index (χ0n) is 23.6. The highest BCUT2D eigenvalue weighted by Crippen LogP contribution is 2.50. The smallest absolute Gasteiger partial charge is 0.0991 e.